The van der Waals surface area contributed by atoms with Crippen LogP contribution in [0.5, 0.6) is 0 Å². The molecule has 1 saturated carbocycles. The largest absolute Gasteiger partial charge is 0.348 e. The van der Waals surface area contributed by atoms with Gasteiger partial charge in [0.25, 0.3) is 5.91 Å². The van der Waals surface area contributed by atoms with E-state index in [1.54, 1.807) is 12.3 Å². The molecule has 1 N–H and O–H groups in total. The van der Waals surface area contributed by atoms with Gasteiger partial charge in [-0.25, -0.2) is 9.97 Å². The van der Waals surface area contributed by atoms with E-state index in [1.165, 1.54) is 19.2 Å². The van der Waals surface area contributed by atoms with Gasteiger partial charge in [-0.1, -0.05) is 13.8 Å². The molecule has 0 atom stereocenters. The standard InChI is InChI=1S/C13H19N3O/c1-13(2)6-3-10(4-7-13)16-12(17)11-5-8-14-9-15-11/h5,8-10H,3-4,6-7H2,1-2H3,(H,16,17). The van der Waals surface area contributed by atoms with Gasteiger partial charge in [0.05, 0.1) is 0 Å². The topological polar surface area (TPSA) is 54.9 Å². The van der Waals surface area contributed by atoms with Gasteiger partial charge >= 0.3 is 0 Å². The fourth-order valence-corrected chi connectivity index (χ4v) is 2.23. The Morgan fingerprint density at radius 2 is 2.12 bits per heavy atom. The number of hydrogen-bond donors (Lipinski definition) is 1. The van der Waals surface area contributed by atoms with E-state index < -0.39 is 0 Å². The summed E-state index contributed by atoms with van der Waals surface area (Å²) in [6.45, 7) is 4.57. The van der Waals surface area contributed by atoms with Crippen LogP contribution in [0.1, 0.15) is 50.0 Å². The predicted octanol–water partition coefficient (Wildman–Crippen LogP) is 2.18. The number of aromatic nitrogens is 2. The van der Waals surface area contributed by atoms with Crippen molar-refractivity contribution < 1.29 is 4.79 Å². The molecule has 0 radical (unpaired) electrons. The highest BCUT2D eigenvalue weighted by Crippen LogP contribution is 2.34. The maximum absolute atomic E-state index is 11.9. The van der Waals surface area contributed by atoms with Crippen molar-refractivity contribution in [2.24, 2.45) is 5.41 Å². The minimum atomic E-state index is -0.0860. The van der Waals surface area contributed by atoms with Crippen LogP contribution in [0.2, 0.25) is 0 Å². The molecular weight excluding hydrogens is 214 g/mol. The van der Waals surface area contributed by atoms with Gasteiger partial charge in [0.1, 0.15) is 12.0 Å². The van der Waals surface area contributed by atoms with Crippen LogP contribution in [0.15, 0.2) is 18.6 Å². The molecule has 0 aliphatic heterocycles. The van der Waals surface area contributed by atoms with E-state index in [4.69, 9.17) is 0 Å². The first-order valence-electron chi connectivity index (χ1n) is 6.14. The Balaban J connectivity index is 1.89. The highest BCUT2D eigenvalue weighted by Gasteiger charge is 2.27. The lowest BCUT2D eigenvalue weighted by Gasteiger charge is -2.34. The summed E-state index contributed by atoms with van der Waals surface area (Å²) >= 11 is 0. The highest BCUT2D eigenvalue weighted by atomic mass is 16.1. The summed E-state index contributed by atoms with van der Waals surface area (Å²) in [4.78, 5) is 19.6. The van der Waals surface area contributed by atoms with Crippen molar-refractivity contribution in [3.8, 4) is 0 Å². The molecule has 1 fully saturated rings. The summed E-state index contributed by atoms with van der Waals surface area (Å²) in [7, 11) is 0. The number of hydrogen-bond acceptors (Lipinski definition) is 3. The van der Waals surface area contributed by atoms with Gasteiger partial charge in [-0.3, -0.25) is 4.79 Å². The molecule has 4 heteroatoms. The number of nitrogens with zero attached hydrogens (tertiary/aromatic N) is 2. The molecule has 1 aromatic heterocycles. The van der Waals surface area contributed by atoms with E-state index in [2.05, 4.69) is 29.1 Å². The summed E-state index contributed by atoms with van der Waals surface area (Å²) in [5, 5.41) is 3.04. The van der Waals surface area contributed by atoms with Gasteiger partial charge in [-0.05, 0) is 37.2 Å². The van der Waals surface area contributed by atoms with E-state index in [-0.39, 0.29) is 5.91 Å². The van der Waals surface area contributed by atoms with Crippen molar-refractivity contribution in [3.63, 3.8) is 0 Å². The first kappa shape index (κ1) is 12.0. The van der Waals surface area contributed by atoms with Crippen LogP contribution < -0.4 is 5.32 Å². The second kappa shape index (κ2) is 4.82. The van der Waals surface area contributed by atoms with Crippen LogP contribution in [-0.2, 0) is 0 Å². The minimum Gasteiger partial charge on any atom is -0.348 e. The number of rotatable bonds is 2. The summed E-state index contributed by atoms with van der Waals surface area (Å²) in [6.07, 6.45) is 7.45. The molecule has 0 saturated heterocycles. The van der Waals surface area contributed by atoms with Gasteiger partial charge in [0.15, 0.2) is 0 Å². The lowest BCUT2D eigenvalue weighted by molar-refractivity contribution is 0.0904. The fourth-order valence-electron chi connectivity index (χ4n) is 2.23. The Bertz CT molecular complexity index is 379. The van der Waals surface area contributed by atoms with Crippen molar-refractivity contribution in [3.05, 3.63) is 24.3 Å². The molecule has 1 heterocycles. The van der Waals surface area contributed by atoms with Gasteiger partial charge in [-0.2, -0.15) is 0 Å². The Hall–Kier alpha value is -1.45. The van der Waals surface area contributed by atoms with Crippen molar-refractivity contribution in [2.75, 3.05) is 0 Å². The number of nitrogens with one attached hydrogen (secondary N) is 1. The lowest BCUT2D eigenvalue weighted by Crippen LogP contribution is -2.39. The molecule has 0 spiro atoms. The van der Waals surface area contributed by atoms with Crippen molar-refractivity contribution >= 4 is 5.91 Å². The second-order valence-electron chi connectivity index (χ2n) is 5.51. The maximum Gasteiger partial charge on any atom is 0.270 e. The molecule has 1 aromatic rings. The van der Waals surface area contributed by atoms with E-state index >= 15 is 0 Å². The molecule has 17 heavy (non-hydrogen) atoms. The SMILES string of the molecule is CC1(C)CCC(NC(=O)c2ccncn2)CC1. The van der Waals surface area contributed by atoms with Gasteiger partial charge in [0, 0.05) is 12.2 Å². The Morgan fingerprint density at radius 1 is 1.41 bits per heavy atom. The third-order valence-electron chi connectivity index (χ3n) is 3.49. The Morgan fingerprint density at radius 3 is 2.71 bits per heavy atom. The molecule has 2 rings (SSSR count). The molecule has 1 amide bonds. The number of carbonyl (C=O) groups excluding carboxylic acids is 1. The molecule has 0 bridgehead atoms. The molecule has 92 valence electrons. The zero-order valence-corrected chi connectivity index (χ0v) is 10.4. The van der Waals surface area contributed by atoms with E-state index in [0.717, 1.165) is 12.8 Å². The predicted molar refractivity (Wildman–Crippen MR) is 65.5 cm³/mol. The monoisotopic (exact) mass is 233 g/mol. The average molecular weight is 233 g/mol. The van der Waals surface area contributed by atoms with Crippen molar-refractivity contribution in [1.29, 1.82) is 0 Å². The van der Waals surface area contributed by atoms with Crippen LogP contribution in [0.4, 0.5) is 0 Å². The van der Waals surface area contributed by atoms with Gasteiger partial charge < -0.3 is 5.32 Å². The molecule has 4 nitrogen and oxygen atoms in total. The van der Waals surface area contributed by atoms with E-state index in [0.29, 0.717) is 17.2 Å². The zero-order valence-electron chi connectivity index (χ0n) is 10.4. The normalized spacial score (nSPS) is 19.9. The van der Waals surface area contributed by atoms with Crippen molar-refractivity contribution in [2.45, 2.75) is 45.6 Å². The van der Waals surface area contributed by atoms with Gasteiger partial charge in [-0.15, -0.1) is 0 Å². The molecule has 0 unspecified atom stereocenters. The van der Waals surface area contributed by atoms with E-state index in [9.17, 15) is 4.79 Å². The quantitative estimate of drug-likeness (QED) is 0.851. The third kappa shape index (κ3) is 3.25. The number of carbonyl (C=O) groups is 1. The molecule has 0 aromatic carbocycles. The first-order chi connectivity index (χ1) is 8.07. The molecular formula is C13H19N3O. The van der Waals surface area contributed by atoms with Crippen LogP contribution in [0.25, 0.3) is 0 Å². The fraction of sp³-hybridized carbons (Fsp3) is 0.615. The summed E-state index contributed by atoms with van der Waals surface area (Å²) < 4.78 is 0. The average Bonchev–Trinajstić information content (AvgIpc) is 2.33. The summed E-state index contributed by atoms with van der Waals surface area (Å²) in [5.41, 5.74) is 0.876. The van der Waals surface area contributed by atoms with E-state index in [1.807, 2.05) is 0 Å². The van der Waals surface area contributed by atoms with Crippen molar-refractivity contribution in [1.82, 2.24) is 15.3 Å². The Labute approximate surface area is 102 Å². The van der Waals surface area contributed by atoms with Crippen LogP contribution >= 0.6 is 0 Å². The molecule has 1 aliphatic carbocycles. The molecule has 1 aliphatic rings. The van der Waals surface area contributed by atoms with Crippen LogP contribution in [0.3, 0.4) is 0 Å². The second-order valence-corrected chi connectivity index (χ2v) is 5.51. The van der Waals surface area contributed by atoms with Crippen LogP contribution in [-0.4, -0.2) is 21.9 Å². The highest BCUT2D eigenvalue weighted by molar-refractivity contribution is 5.92. The minimum absolute atomic E-state index is 0.0860. The summed E-state index contributed by atoms with van der Waals surface area (Å²) in [5.74, 6) is -0.0860. The number of amides is 1. The van der Waals surface area contributed by atoms with Gasteiger partial charge in [0.2, 0.25) is 0 Å². The lowest BCUT2D eigenvalue weighted by atomic mass is 9.75. The first-order valence-corrected chi connectivity index (χ1v) is 6.14. The summed E-state index contributed by atoms with van der Waals surface area (Å²) in [6, 6.07) is 1.94. The third-order valence-corrected chi connectivity index (χ3v) is 3.49. The smallest absolute Gasteiger partial charge is 0.270 e. The van der Waals surface area contributed by atoms with Crippen LogP contribution in [0, 0.1) is 5.41 Å². The Kier molecular flexibility index (Phi) is 3.41. The maximum atomic E-state index is 11.9. The zero-order chi connectivity index (χ0) is 12.3.